The van der Waals surface area contributed by atoms with Gasteiger partial charge < -0.3 is 10.2 Å². The molecule has 1 N–H and O–H groups in total. The van der Waals surface area contributed by atoms with Crippen molar-refractivity contribution in [1.29, 1.82) is 5.26 Å². The summed E-state index contributed by atoms with van der Waals surface area (Å²) in [7, 11) is -4.22. The maximum Gasteiger partial charge on any atom is 0.286 e. The highest BCUT2D eigenvalue weighted by atomic mass is 32.2. The van der Waals surface area contributed by atoms with Gasteiger partial charge in [0, 0.05) is 18.5 Å². The van der Waals surface area contributed by atoms with Crippen LogP contribution in [0.3, 0.4) is 0 Å². The average molecular weight is 493 g/mol. The summed E-state index contributed by atoms with van der Waals surface area (Å²) in [6.07, 6.45) is 2.71. The van der Waals surface area contributed by atoms with Crippen molar-refractivity contribution in [3.63, 3.8) is 0 Å². The van der Waals surface area contributed by atoms with Crippen LogP contribution < -0.4 is 5.32 Å². The highest BCUT2D eigenvalue weighted by Gasteiger charge is 2.60. The molecule has 1 amide bonds. The maximum absolute atomic E-state index is 13.8. The Morgan fingerprint density at radius 1 is 1.11 bits per heavy atom. The fourth-order valence-electron chi connectivity index (χ4n) is 6.33. The fraction of sp³-hybridized carbons (Fsp3) is 0.360. The second kappa shape index (κ2) is 7.71. The van der Waals surface area contributed by atoms with Gasteiger partial charge in [-0.25, -0.2) is 4.39 Å². The molecule has 6 rings (SSSR count). The number of benzene rings is 2. The number of fused-ring (bicyclic) bond motifs is 6. The number of amidine groups is 1. The number of carbonyl (C=O) groups is 2. The number of rotatable bonds is 3. The van der Waals surface area contributed by atoms with E-state index in [2.05, 4.69) is 9.71 Å². The van der Waals surface area contributed by atoms with Gasteiger partial charge in [0.1, 0.15) is 16.5 Å². The van der Waals surface area contributed by atoms with E-state index in [4.69, 9.17) is 5.26 Å². The second-order valence-electron chi connectivity index (χ2n) is 9.68. The zero-order valence-electron chi connectivity index (χ0n) is 18.5. The summed E-state index contributed by atoms with van der Waals surface area (Å²) in [5.74, 6) is -2.75. The number of piperidine rings is 1. The molecule has 2 heterocycles. The summed E-state index contributed by atoms with van der Waals surface area (Å²) >= 11 is 0. The Morgan fingerprint density at radius 3 is 2.60 bits per heavy atom. The fourth-order valence-corrected chi connectivity index (χ4v) is 7.51. The van der Waals surface area contributed by atoms with Crippen LogP contribution in [0.15, 0.2) is 51.8 Å². The third kappa shape index (κ3) is 3.37. The van der Waals surface area contributed by atoms with Gasteiger partial charge in [-0.1, -0.05) is 12.1 Å². The van der Waals surface area contributed by atoms with Crippen LogP contribution in [0, 0.1) is 40.8 Å². The summed E-state index contributed by atoms with van der Waals surface area (Å²) in [5, 5.41) is 12.0. The maximum atomic E-state index is 13.8. The van der Waals surface area contributed by atoms with Crippen molar-refractivity contribution in [2.75, 3.05) is 5.32 Å². The van der Waals surface area contributed by atoms with Crippen LogP contribution in [0.1, 0.15) is 30.4 Å². The number of carbonyl (C=O) groups excluding carboxylic acids is 2. The Balaban J connectivity index is 1.41. The van der Waals surface area contributed by atoms with Crippen molar-refractivity contribution in [1.82, 2.24) is 4.90 Å². The van der Waals surface area contributed by atoms with Gasteiger partial charge in [0.15, 0.2) is 11.7 Å². The highest BCUT2D eigenvalue weighted by molar-refractivity contribution is 7.90. The van der Waals surface area contributed by atoms with Crippen molar-refractivity contribution >= 4 is 33.2 Å². The van der Waals surface area contributed by atoms with Crippen LogP contribution in [0.2, 0.25) is 0 Å². The largest absolute Gasteiger partial charge is 0.341 e. The first-order valence-corrected chi connectivity index (χ1v) is 13.0. The molecule has 2 bridgehead atoms. The minimum absolute atomic E-state index is 0.148. The first kappa shape index (κ1) is 21.9. The lowest BCUT2D eigenvalue weighted by Gasteiger charge is -2.45. The number of nitrogens with zero attached hydrogens (tertiary/aromatic N) is 3. The van der Waals surface area contributed by atoms with E-state index in [1.807, 2.05) is 6.07 Å². The van der Waals surface area contributed by atoms with Crippen LogP contribution in [0.5, 0.6) is 0 Å². The summed E-state index contributed by atoms with van der Waals surface area (Å²) in [4.78, 5) is 29.0. The van der Waals surface area contributed by atoms with Gasteiger partial charge in [-0.05, 0) is 67.0 Å². The summed E-state index contributed by atoms with van der Waals surface area (Å²) in [6.45, 7) is 0.204. The Labute approximate surface area is 201 Å². The third-order valence-corrected chi connectivity index (χ3v) is 9.12. The van der Waals surface area contributed by atoms with Crippen LogP contribution in [-0.2, 0) is 26.2 Å². The molecule has 2 aromatic rings. The molecule has 5 atom stereocenters. The standard InChI is InChI=1S/C25H21FN4O4S/c26-17-6-1-13(2-7-17)12-30-22-16-5-4-15(10-16)20(22)23(31)21(25(30)32)24-28-18-8-3-14(11-27)9-19(18)35(33,34)29-24/h1-3,6-9,15-16,20-22H,4-5,10,12H2,(H,28,29)/t15-,16+,20?,21?,22?/m0/s1. The van der Waals surface area contributed by atoms with E-state index in [-0.39, 0.29) is 63.9 Å². The van der Waals surface area contributed by atoms with E-state index >= 15 is 0 Å². The van der Waals surface area contributed by atoms with Crippen molar-refractivity contribution < 1.29 is 22.4 Å². The van der Waals surface area contributed by atoms with Gasteiger partial charge in [0.05, 0.1) is 17.3 Å². The molecule has 0 radical (unpaired) electrons. The van der Waals surface area contributed by atoms with Gasteiger partial charge in [-0.2, -0.15) is 13.7 Å². The van der Waals surface area contributed by atoms with Gasteiger partial charge in [-0.3, -0.25) is 9.59 Å². The number of anilines is 1. The molecule has 2 saturated carbocycles. The summed E-state index contributed by atoms with van der Waals surface area (Å²) in [5.41, 5.74) is 1.07. The molecule has 8 nitrogen and oxygen atoms in total. The molecule has 4 aliphatic rings. The van der Waals surface area contributed by atoms with E-state index in [1.165, 1.54) is 30.3 Å². The predicted molar refractivity (Wildman–Crippen MR) is 123 cm³/mol. The molecule has 35 heavy (non-hydrogen) atoms. The Morgan fingerprint density at radius 2 is 1.86 bits per heavy atom. The quantitative estimate of drug-likeness (QED) is 0.658. The Bertz CT molecular complexity index is 1450. The molecule has 3 fully saturated rings. The molecular formula is C25H21FN4O4S. The van der Waals surface area contributed by atoms with E-state index in [0.717, 1.165) is 24.8 Å². The van der Waals surface area contributed by atoms with E-state index in [1.54, 1.807) is 17.0 Å². The van der Waals surface area contributed by atoms with E-state index < -0.39 is 21.8 Å². The van der Waals surface area contributed by atoms with Crippen molar-refractivity contribution in [3.8, 4) is 6.07 Å². The number of likely N-dealkylation sites (tertiary alicyclic amines) is 1. The smallest absolute Gasteiger partial charge is 0.286 e. The van der Waals surface area contributed by atoms with Gasteiger partial charge in [0.25, 0.3) is 10.0 Å². The first-order valence-electron chi connectivity index (χ1n) is 11.5. The van der Waals surface area contributed by atoms with Crippen molar-refractivity contribution in [2.24, 2.45) is 28.1 Å². The molecule has 2 aromatic carbocycles. The number of nitrogens with one attached hydrogen (secondary N) is 1. The molecular weight excluding hydrogens is 471 g/mol. The third-order valence-electron chi connectivity index (χ3n) is 7.79. The average Bonchev–Trinajstić information content (AvgIpc) is 3.45. The monoisotopic (exact) mass is 492 g/mol. The van der Waals surface area contributed by atoms with Crippen LogP contribution >= 0.6 is 0 Å². The number of Topliss-reactive ketones (excluding diaryl/α,β-unsaturated/α-hetero) is 1. The zero-order valence-corrected chi connectivity index (χ0v) is 19.3. The number of amides is 1. The van der Waals surface area contributed by atoms with Crippen LogP contribution in [-0.4, -0.2) is 36.9 Å². The van der Waals surface area contributed by atoms with E-state index in [0.29, 0.717) is 0 Å². The first-order chi connectivity index (χ1) is 16.8. The molecule has 1 saturated heterocycles. The zero-order chi connectivity index (χ0) is 24.5. The van der Waals surface area contributed by atoms with Crippen LogP contribution in [0.4, 0.5) is 10.1 Å². The number of sulfonamides is 1. The lowest BCUT2D eigenvalue weighted by Crippen LogP contribution is -2.61. The number of nitriles is 1. The molecule has 0 spiro atoms. The second-order valence-corrected chi connectivity index (χ2v) is 11.2. The SMILES string of the molecule is N#Cc1ccc2c(c1)S(=O)(=O)N=C(C1C(=O)C3C([C@@H]4CC[C@H]3C4)N(Cc3ccc(F)cc3)C1=O)N2. The number of hydrogen-bond donors (Lipinski definition) is 1. The molecule has 0 aromatic heterocycles. The van der Waals surface area contributed by atoms with Crippen LogP contribution in [0.25, 0.3) is 0 Å². The topological polar surface area (TPSA) is 120 Å². The Kier molecular flexibility index (Phi) is 4.83. The highest BCUT2D eigenvalue weighted by Crippen LogP contribution is 2.54. The summed E-state index contributed by atoms with van der Waals surface area (Å²) in [6, 6.07) is 11.6. The lowest BCUT2D eigenvalue weighted by atomic mass is 9.73. The minimum atomic E-state index is -4.22. The summed E-state index contributed by atoms with van der Waals surface area (Å²) < 4.78 is 43.2. The van der Waals surface area contributed by atoms with Gasteiger partial charge >= 0.3 is 0 Å². The van der Waals surface area contributed by atoms with E-state index in [9.17, 15) is 22.4 Å². The number of hydrogen-bond acceptors (Lipinski definition) is 6. The normalized spacial score (nSPS) is 30.2. The molecule has 178 valence electrons. The predicted octanol–water partition coefficient (Wildman–Crippen LogP) is 2.85. The number of ketones is 1. The molecule has 10 heteroatoms. The number of halogens is 1. The van der Waals surface area contributed by atoms with Crippen molar-refractivity contribution in [3.05, 3.63) is 59.4 Å². The minimum Gasteiger partial charge on any atom is -0.341 e. The Hall–Kier alpha value is -3.58. The lowest BCUT2D eigenvalue weighted by molar-refractivity contribution is -0.153. The molecule has 2 aliphatic heterocycles. The van der Waals surface area contributed by atoms with Gasteiger partial charge in [0.2, 0.25) is 5.91 Å². The molecule has 2 aliphatic carbocycles. The van der Waals surface area contributed by atoms with Crippen molar-refractivity contribution in [2.45, 2.75) is 36.7 Å². The van der Waals surface area contributed by atoms with Gasteiger partial charge in [-0.15, -0.1) is 4.40 Å². The molecule has 3 unspecified atom stereocenters.